The molecule has 0 aliphatic carbocycles. The van der Waals surface area contributed by atoms with Crippen molar-refractivity contribution in [1.82, 2.24) is 9.13 Å². The first kappa shape index (κ1) is 30.1. The maximum atomic E-state index is 14.2. The number of hydrogen-bond donors (Lipinski definition) is 0. The predicted molar refractivity (Wildman–Crippen MR) is 169 cm³/mol. The van der Waals surface area contributed by atoms with Gasteiger partial charge in [0, 0.05) is 17.1 Å². The minimum Gasteiger partial charge on any atom is -0.493 e. The van der Waals surface area contributed by atoms with Crippen molar-refractivity contribution in [2.24, 2.45) is 4.99 Å². The molecule has 1 aliphatic heterocycles. The Labute approximate surface area is 255 Å². The van der Waals surface area contributed by atoms with Crippen molar-refractivity contribution in [2.75, 3.05) is 13.7 Å². The maximum Gasteiger partial charge on any atom is 0.338 e. The minimum absolute atomic E-state index is 0.0533. The fourth-order valence-electron chi connectivity index (χ4n) is 5.57. The number of nitrogens with zero attached hydrogens (tertiary/aromatic N) is 3. The van der Waals surface area contributed by atoms with E-state index >= 15 is 0 Å². The minimum atomic E-state index is -0.751. The molecule has 2 aromatic heterocycles. The summed E-state index contributed by atoms with van der Waals surface area (Å²) in [5.74, 6) is 0.581. The molecule has 2 aromatic carbocycles. The highest BCUT2D eigenvalue weighted by Crippen LogP contribution is 2.36. The summed E-state index contributed by atoms with van der Waals surface area (Å²) in [5.41, 5.74) is 6.60. The average Bonchev–Trinajstić information content (AvgIpc) is 3.41. The van der Waals surface area contributed by atoms with Gasteiger partial charge in [-0.2, -0.15) is 0 Å². The van der Waals surface area contributed by atoms with Gasteiger partial charge in [-0.05, 0) is 95.5 Å². The van der Waals surface area contributed by atoms with Crippen molar-refractivity contribution in [2.45, 2.75) is 60.6 Å². The lowest BCUT2D eigenvalue weighted by Gasteiger charge is -2.25. The number of allylic oxidation sites excluding steroid dienone is 1. The van der Waals surface area contributed by atoms with Crippen LogP contribution in [0.2, 0.25) is 0 Å². The first-order valence-electron chi connectivity index (χ1n) is 14.3. The number of thiazole rings is 1. The highest BCUT2D eigenvalue weighted by Gasteiger charge is 2.34. The molecule has 5 rings (SSSR count). The fourth-order valence-corrected chi connectivity index (χ4v) is 6.61. The number of esters is 1. The van der Waals surface area contributed by atoms with E-state index in [1.54, 1.807) is 25.5 Å². The van der Waals surface area contributed by atoms with Crippen LogP contribution in [-0.4, -0.2) is 34.9 Å². The van der Waals surface area contributed by atoms with E-state index < -0.39 is 12.0 Å². The third-order valence-electron chi connectivity index (χ3n) is 7.50. The van der Waals surface area contributed by atoms with Crippen LogP contribution in [0.25, 0.3) is 11.8 Å². The molecule has 0 radical (unpaired) electrons. The summed E-state index contributed by atoms with van der Waals surface area (Å²) < 4.78 is 21.3. The first-order valence-corrected chi connectivity index (χ1v) is 15.2. The lowest BCUT2D eigenvalue weighted by molar-refractivity contribution is -0.139. The zero-order valence-electron chi connectivity index (χ0n) is 25.8. The number of para-hydroxylation sites is 1. The smallest absolute Gasteiger partial charge is 0.338 e. The molecule has 8 nitrogen and oxygen atoms in total. The number of rotatable bonds is 8. The molecule has 0 unspecified atom stereocenters. The van der Waals surface area contributed by atoms with Gasteiger partial charge in [0.2, 0.25) is 0 Å². The summed E-state index contributed by atoms with van der Waals surface area (Å²) in [6.07, 6.45) is 1.86. The van der Waals surface area contributed by atoms with Crippen LogP contribution in [0.15, 0.2) is 69.6 Å². The van der Waals surface area contributed by atoms with E-state index in [0.29, 0.717) is 37.7 Å². The van der Waals surface area contributed by atoms with Crippen molar-refractivity contribution >= 4 is 23.4 Å². The maximum absolute atomic E-state index is 14.2. The number of hydrogen-bond acceptors (Lipinski definition) is 7. The first-order chi connectivity index (χ1) is 20.5. The van der Waals surface area contributed by atoms with Gasteiger partial charge in [-0.25, -0.2) is 9.79 Å². The van der Waals surface area contributed by atoms with Crippen LogP contribution in [0.4, 0.5) is 0 Å². The van der Waals surface area contributed by atoms with Crippen LogP contribution in [0.1, 0.15) is 61.8 Å². The lowest BCUT2D eigenvalue weighted by Crippen LogP contribution is -2.40. The van der Waals surface area contributed by atoms with E-state index in [1.165, 1.54) is 11.3 Å². The molecule has 1 atom stereocenters. The van der Waals surface area contributed by atoms with Crippen LogP contribution >= 0.6 is 11.3 Å². The highest BCUT2D eigenvalue weighted by molar-refractivity contribution is 7.07. The third-order valence-corrected chi connectivity index (χ3v) is 8.48. The third kappa shape index (κ3) is 5.57. The molecule has 0 bridgehead atoms. The van der Waals surface area contributed by atoms with E-state index in [4.69, 9.17) is 19.2 Å². The Bertz CT molecular complexity index is 1930. The summed E-state index contributed by atoms with van der Waals surface area (Å²) >= 11 is 1.31. The Morgan fingerprint density at radius 2 is 1.81 bits per heavy atom. The topological polar surface area (TPSA) is 84.1 Å². The number of fused-ring (bicyclic) bond motifs is 1. The summed E-state index contributed by atoms with van der Waals surface area (Å²) in [5, 5.41) is 0. The zero-order valence-corrected chi connectivity index (χ0v) is 26.7. The van der Waals surface area contributed by atoms with Crippen LogP contribution in [0, 0.1) is 20.8 Å². The predicted octanol–water partition coefficient (Wildman–Crippen LogP) is 5.31. The molecule has 0 saturated heterocycles. The normalized spacial score (nSPS) is 15.0. The summed E-state index contributed by atoms with van der Waals surface area (Å²) in [6.45, 7) is 13.8. The van der Waals surface area contributed by atoms with E-state index in [0.717, 1.165) is 28.2 Å². The summed E-state index contributed by atoms with van der Waals surface area (Å²) in [7, 11) is 1.57. The molecule has 4 aromatic rings. The van der Waals surface area contributed by atoms with Gasteiger partial charge >= 0.3 is 5.97 Å². The van der Waals surface area contributed by atoms with E-state index in [9.17, 15) is 9.59 Å². The number of carbonyl (C=O) groups excluding carboxylic acids is 1. The number of aromatic nitrogens is 2. The molecule has 0 saturated carbocycles. The van der Waals surface area contributed by atoms with Gasteiger partial charge in [0.15, 0.2) is 16.3 Å². The molecule has 9 heteroatoms. The highest BCUT2D eigenvalue weighted by atomic mass is 32.1. The largest absolute Gasteiger partial charge is 0.493 e. The Kier molecular flexibility index (Phi) is 8.46. The van der Waals surface area contributed by atoms with E-state index in [1.807, 2.05) is 50.3 Å². The van der Waals surface area contributed by atoms with Crippen LogP contribution in [-0.2, 0) is 9.53 Å². The van der Waals surface area contributed by atoms with Crippen molar-refractivity contribution in [3.8, 4) is 17.2 Å². The summed E-state index contributed by atoms with van der Waals surface area (Å²) in [4.78, 5) is 32.7. The average molecular weight is 600 g/mol. The number of carbonyl (C=O) groups is 1. The second kappa shape index (κ2) is 12.1. The number of aryl methyl sites for hydroxylation is 2. The van der Waals surface area contributed by atoms with Crippen molar-refractivity contribution in [3.05, 3.63) is 108 Å². The summed E-state index contributed by atoms with van der Waals surface area (Å²) in [6, 6.07) is 15.1. The molecule has 43 heavy (non-hydrogen) atoms. The van der Waals surface area contributed by atoms with Crippen LogP contribution in [0.3, 0.4) is 0 Å². The lowest BCUT2D eigenvalue weighted by atomic mass is 9.95. The Morgan fingerprint density at radius 1 is 1.07 bits per heavy atom. The molecular weight excluding hydrogens is 562 g/mol. The van der Waals surface area contributed by atoms with Gasteiger partial charge in [0.25, 0.3) is 5.56 Å². The van der Waals surface area contributed by atoms with Gasteiger partial charge in [0.1, 0.15) is 0 Å². The number of methoxy groups -OCH3 is 1. The molecule has 3 heterocycles. The van der Waals surface area contributed by atoms with Crippen molar-refractivity contribution < 1.29 is 19.0 Å². The van der Waals surface area contributed by atoms with E-state index in [2.05, 4.69) is 43.5 Å². The van der Waals surface area contributed by atoms with Gasteiger partial charge in [-0.1, -0.05) is 35.6 Å². The molecule has 1 aliphatic rings. The van der Waals surface area contributed by atoms with Crippen LogP contribution < -0.4 is 24.4 Å². The quantitative estimate of drug-likeness (QED) is 0.257. The SMILES string of the molecule is CCOC(=O)C1=C(C)N=c2s/c(=C\c3cc(C)n(-c4ccccc4C)c3C)c(=O)n2[C@H]1c1ccc(OC(C)C)c(OC)c1. The molecule has 0 spiro atoms. The van der Waals surface area contributed by atoms with Crippen LogP contribution in [0.5, 0.6) is 11.5 Å². The second-order valence-electron chi connectivity index (χ2n) is 10.8. The standard InChI is InChI=1S/C34H37N3O5S/c1-9-41-33(39)30-22(6)35-34-37(31(30)24-14-15-27(42-19(2)3)28(17-24)40-8)32(38)29(43-34)18-25-16-21(5)36(23(25)7)26-13-11-10-12-20(26)4/h10-19,31H,9H2,1-8H3/b29-18-/t31-/m0/s1. The van der Waals surface area contributed by atoms with Gasteiger partial charge in [0.05, 0.1) is 41.7 Å². The Morgan fingerprint density at radius 3 is 2.49 bits per heavy atom. The Balaban J connectivity index is 1.70. The Hall–Kier alpha value is -4.37. The van der Waals surface area contributed by atoms with E-state index in [-0.39, 0.29) is 18.3 Å². The van der Waals surface area contributed by atoms with Gasteiger partial charge in [-0.3, -0.25) is 9.36 Å². The van der Waals surface area contributed by atoms with Crippen molar-refractivity contribution in [1.29, 1.82) is 0 Å². The number of benzene rings is 2. The van der Waals surface area contributed by atoms with Gasteiger partial charge in [-0.15, -0.1) is 0 Å². The zero-order chi connectivity index (χ0) is 31.0. The second-order valence-corrected chi connectivity index (χ2v) is 11.8. The molecule has 0 fully saturated rings. The fraction of sp³-hybridized carbons (Fsp3) is 0.324. The van der Waals surface area contributed by atoms with Gasteiger partial charge < -0.3 is 18.8 Å². The monoisotopic (exact) mass is 599 g/mol. The molecule has 224 valence electrons. The molecule has 0 N–H and O–H groups in total. The number of ether oxygens (including phenoxy) is 3. The molecular formula is C34H37N3O5S. The van der Waals surface area contributed by atoms with Crippen molar-refractivity contribution in [3.63, 3.8) is 0 Å². The molecule has 0 amide bonds.